The lowest BCUT2D eigenvalue weighted by atomic mass is 10.2. The zero-order chi connectivity index (χ0) is 13.7. The molecule has 0 saturated carbocycles. The fourth-order valence-electron chi connectivity index (χ4n) is 1.45. The summed E-state index contributed by atoms with van der Waals surface area (Å²) >= 11 is 5.71. The first kappa shape index (κ1) is 15.1. The Kier molecular flexibility index (Phi) is 5.75. The monoisotopic (exact) mass is 292 g/mol. The third-order valence-electron chi connectivity index (χ3n) is 2.32. The molecule has 0 bridgehead atoms. The molecule has 1 atom stereocenters. The van der Waals surface area contributed by atoms with Crippen molar-refractivity contribution in [3.63, 3.8) is 0 Å². The lowest BCUT2D eigenvalue weighted by molar-refractivity contribution is -0.137. The standard InChI is InChI=1S/C12H15ClFNO2S/c1-18(2)4-3-11(12(16)17)15-10-6-8(13)5-9(14)7-10/h5-7,11,15H,3-4H2,1-2H3/p+1/t11-/m1/s1. The highest BCUT2D eigenvalue weighted by atomic mass is 35.5. The Morgan fingerprint density at radius 3 is 2.67 bits per heavy atom. The number of aliphatic carboxylic acids is 1. The topological polar surface area (TPSA) is 49.3 Å². The molecule has 18 heavy (non-hydrogen) atoms. The molecule has 1 aromatic rings. The first-order chi connectivity index (χ1) is 8.38. The maximum absolute atomic E-state index is 13.1. The van der Waals surface area contributed by atoms with E-state index in [9.17, 15) is 9.18 Å². The van der Waals surface area contributed by atoms with Crippen LogP contribution in [0.15, 0.2) is 18.2 Å². The van der Waals surface area contributed by atoms with E-state index in [1.807, 2.05) is 0 Å². The fourth-order valence-corrected chi connectivity index (χ4v) is 2.38. The number of hydrogen-bond acceptors (Lipinski definition) is 2. The number of anilines is 1. The second-order valence-electron chi connectivity index (χ2n) is 4.17. The maximum Gasteiger partial charge on any atom is 0.326 e. The molecule has 1 aromatic carbocycles. The van der Waals surface area contributed by atoms with Gasteiger partial charge in [0.05, 0.1) is 12.5 Å². The molecule has 2 N–H and O–H groups in total. The molecule has 1 rings (SSSR count). The van der Waals surface area contributed by atoms with Crippen molar-refractivity contribution in [1.82, 2.24) is 0 Å². The molecule has 0 amide bonds. The van der Waals surface area contributed by atoms with Crippen molar-refractivity contribution < 1.29 is 14.3 Å². The molecule has 0 heterocycles. The van der Waals surface area contributed by atoms with Crippen molar-refractivity contribution in [3.05, 3.63) is 29.0 Å². The Balaban J connectivity index is 2.73. The molecular weight excluding hydrogens is 277 g/mol. The Morgan fingerprint density at radius 2 is 2.17 bits per heavy atom. The third-order valence-corrected chi connectivity index (χ3v) is 3.59. The van der Waals surface area contributed by atoms with E-state index in [1.54, 1.807) is 0 Å². The Bertz CT molecular complexity index is 408. The van der Waals surface area contributed by atoms with E-state index in [0.717, 1.165) is 5.75 Å². The van der Waals surface area contributed by atoms with E-state index in [-0.39, 0.29) is 15.9 Å². The lowest BCUT2D eigenvalue weighted by Crippen LogP contribution is -2.31. The summed E-state index contributed by atoms with van der Waals surface area (Å²) in [4.78, 5) is 11.1. The first-order valence-electron chi connectivity index (χ1n) is 5.38. The number of carboxylic acids is 1. The highest BCUT2D eigenvalue weighted by Crippen LogP contribution is 2.19. The first-order valence-corrected chi connectivity index (χ1v) is 7.97. The van der Waals surface area contributed by atoms with Crippen LogP contribution in [-0.4, -0.2) is 35.4 Å². The minimum Gasteiger partial charge on any atom is -0.480 e. The molecule has 0 radical (unpaired) electrons. The summed E-state index contributed by atoms with van der Waals surface area (Å²) in [6, 6.07) is 3.20. The van der Waals surface area contributed by atoms with Gasteiger partial charge in [0, 0.05) is 17.1 Å². The van der Waals surface area contributed by atoms with Crippen LogP contribution in [0.25, 0.3) is 0 Å². The number of halogens is 2. The van der Waals surface area contributed by atoms with Crippen LogP contribution in [0.1, 0.15) is 6.42 Å². The number of rotatable bonds is 6. The van der Waals surface area contributed by atoms with E-state index in [1.165, 1.54) is 18.2 Å². The van der Waals surface area contributed by atoms with Crippen molar-refractivity contribution >= 4 is 34.2 Å². The van der Waals surface area contributed by atoms with E-state index < -0.39 is 17.8 Å². The van der Waals surface area contributed by atoms with Crippen LogP contribution in [0.3, 0.4) is 0 Å². The van der Waals surface area contributed by atoms with E-state index in [2.05, 4.69) is 17.8 Å². The van der Waals surface area contributed by atoms with Crippen molar-refractivity contribution in [1.29, 1.82) is 0 Å². The van der Waals surface area contributed by atoms with Gasteiger partial charge in [-0.15, -0.1) is 0 Å². The fraction of sp³-hybridized carbons (Fsp3) is 0.417. The van der Waals surface area contributed by atoms with Gasteiger partial charge in [0.25, 0.3) is 0 Å². The molecule has 0 aromatic heterocycles. The van der Waals surface area contributed by atoms with Gasteiger partial charge in [0.2, 0.25) is 0 Å². The molecule has 0 unspecified atom stereocenters. The lowest BCUT2D eigenvalue weighted by Gasteiger charge is -2.15. The van der Waals surface area contributed by atoms with Crippen LogP contribution in [-0.2, 0) is 15.7 Å². The molecule has 0 spiro atoms. The summed E-state index contributed by atoms with van der Waals surface area (Å²) in [6.45, 7) is 0. The summed E-state index contributed by atoms with van der Waals surface area (Å²) < 4.78 is 13.1. The molecule has 0 aliphatic carbocycles. The van der Waals surface area contributed by atoms with Gasteiger partial charge in [-0.2, -0.15) is 0 Å². The summed E-state index contributed by atoms with van der Waals surface area (Å²) in [7, 11) is 0.177. The van der Waals surface area contributed by atoms with Gasteiger partial charge in [0.1, 0.15) is 17.6 Å². The van der Waals surface area contributed by atoms with Crippen LogP contribution < -0.4 is 5.32 Å². The second kappa shape index (κ2) is 6.85. The van der Waals surface area contributed by atoms with E-state index >= 15 is 0 Å². The molecular formula is C12H16ClFNO2S+. The Morgan fingerprint density at radius 1 is 1.50 bits per heavy atom. The van der Waals surface area contributed by atoms with Crippen LogP contribution in [0, 0.1) is 5.82 Å². The SMILES string of the molecule is C[S+](C)CC[C@@H](Nc1cc(F)cc(Cl)c1)C(=O)O. The zero-order valence-electron chi connectivity index (χ0n) is 10.2. The van der Waals surface area contributed by atoms with E-state index in [4.69, 9.17) is 16.7 Å². The number of carboxylic acid groups (broad SMARTS) is 1. The average molecular weight is 293 g/mol. The van der Waals surface area contributed by atoms with Gasteiger partial charge < -0.3 is 10.4 Å². The van der Waals surface area contributed by atoms with E-state index in [0.29, 0.717) is 12.1 Å². The predicted molar refractivity (Wildman–Crippen MR) is 75.2 cm³/mol. The number of hydrogen-bond donors (Lipinski definition) is 2. The quantitative estimate of drug-likeness (QED) is 0.793. The minimum absolute atomic E-state index is 0.177. The molecule has 0 saturated heterocycles. The molecule has 100 valence electrons. The van der Waals surface area contributed by atoms with Gasteiger partial charge in [-0.05, 0) is 29.1 Å². The third kappa shape index (κ3) is 5.14. The molecule has 0 aliphatic heterocycles. The normalized spacial score (nSPS) is 12.5. The number of carbonyl (C=O) groups is 1. The van der Waals surface area contributed by atoms with Crippen molar-refractivity contribution in [2.75, 3.05) is 23.6 Å². The predicted octanol–water partition coefficient (Wildman–Crippen LogP) is 2.61. The van der Waals surface area contributed by atoms with Crippen molar-refractivity contribution in [2.45, 2.75) is 12.5 Å². The largest absolute Gasteiger partial charge is 0.480 e. The summed E-state index contributed by atoms with van der Waals surface area (Å²) in [5, 5.41) is 12.1. The van der Waals surface area contributed by atoms with Gasteiger partial charge in [-0.3, -0.25) is 0 Å². The smallest absolute Gasteiger partial charge is 0.326 e. The van der Waals surface area contributed by atoms with Gasteiger partial charge >= 0.3 is 5.97 Å². The summed E-state index contributed by atoms with van der Waals surface area (Å²) in [5.74, 6) is -0.617. The average Bonchev–Trinajstić information content (AvgIpc) is 2.22. The van der Waals surface area contributed by atoms with Gasteiger partial charge in [0.15, 0.2) is 0 Å². The van der Waals surface area contributed by atoms with Crippen molar-refractivity contribution in [2.24, 2.45) is 0 Å². The number of benzene rings is 1. The van der Waals surface area contributed by atoms with Crippen LogP contribution >= 0.6 is 11.6 Å². The highest BCUT2D eigenvalue weighted by molar-refractivity contribution is 7.95. The van der Waals surface area contributed by atoms with Gasteiger partial charge in [-0.1, -0.05) is 11.6 Å². The maximum atomic E-state index is 13.1. The Hall–Kier alpha value is -0.940. The summed E-state index contributed by atoms with van der Waals surface area (Å²) in [5.41, 5.74) is 0.388. The highest BCUT2D eigenvalue weighted by Gasteiger charge is 2.20. The molecule has 0 aliphatic rings. The number of nitrogens with one attached hydrogen (secondary N) is 1. The molecule has 6 heteroatoms. The zero-order valence-corrected chi connectivity index (χ0v) is 11.8. The summed E-state index contributed by atoms with van der Waals surface area (Å²) in [6.07, 6.45) is 4.61. The minimum atomic E-state index is -0.944. The van der Waals surface area contributed by atoms with Crippen LogP contribution in [0.4, 0.5) is 10.1 Å². The Labute approximate surface area is 114 Å². The molecule has 3 nitrogen and oxygen atoms in total. The molecule has 0 fully saturated rings. The second-order valence-corrected chi connectivity index (χ2v) is 6.99. The van der Waals surface area contributed by atoms with Crippen molar-refractivity contribution in [3.8, 4) is 0 Å². The van der Waals surface area contributed by atoms with Crippen LogP contribution in [0.5, 0.6) is 0 Å². The van der Waals surface area contributed by atoms with Gasteiger partial charge in [-0.25, -0.2) is 9.18 Å². The van der Waals surface area contributed by atoms with Crippen LogP contribution in [0.2, 0.25) is 5.02 Å².